The van der Waals surface area contributed by atoms with Gasteiger partial charge in [-0.15, -0.1) is 0 Å². The summed E-state index contributed by atoms with van der Waals surface area (Å²) in [5, 5.41) is 5.36. The van der Waals surface area contributed by atoms with Gasteiger partial charge in [0.05, 0.1) is 5.56 Å². The minimum Gasteiger partial charge on any atom is -0.358 e. The number of hydrogen-bond acceptors (Lipinski definition) is 4. The Hall–Kier alpha value is -2.14. The first kappa shape index (κ1) is 14.5. The van der Waals surface area contributed by atoms with Crippen molar-refractivity contribution in [2.75, 3.05) is 19.6 Å². The third-order valence-electron chi connectivity index (χ3n) is 4.68. The van der Waals surface area contributed by atoms with Gasteiger partial charge in [0, 0.05) is 29.6 Å². The highest BCUT2D eigenvalue weighted by Crippen LogP contribution is 2.30. The van der Waals surface area contributed by atoms with Gasteiger partial charge in [0.1, 0.15) is 0 Å². The predicted molar refractivity (Wildman–Crippen MR) is 90.3 cm³/mol. The van der Waals surface area contributed by atoms with Crippen molar-refractivity contribution in [2.24, 2.45) is 0 Å². The molecule has 4 rings (SSSR count). The summed E-state index contributed by atoms with van der Waals surface area (Å²) in [7, 11) is 0. The SMILES string of the molecule is Cc1[nH]c2ccccc2c1-c1noc(CCN2CCCCC2)n1. The summed E-state index contributed by atoms with van der Waals surface area (Å²) >= 11 is 0. The minimum absolute atomic E-state index is 0.689. The first-order valence-electron chi connectivity index (χ1n) is 8.44. The second-order valence-electron chi connectivity index (χ2n) is 6.33. The Labute approximate surface area is 135 Å². The molecule has 0 spiro atoms. The lowest BCUT2D eigenvalue weighted by molar-refractivity contribution is 0.223. The van der Waals surface area contributed by atoms with Gasteiger partial charge >= 0.3 is 0 Å². The van der Waals surface area contributed by atoms with Crippen molar-refractivity contribution in [3.05, 3.63) is 35.9 Å². The molecule has 0 unspecified atom stereocenters. The van der Waals surface area contributed by atoms with Crippen molar-refractivity contribution in [1.82, 2.24) is 20.0 Å². The number of para-hydroxylation sites is 1. The summed E-state index contributed by atoms with van der Waals surface area (Å²) < 4.78 is 5.48. The number of fused-ring (bicyclic) bond motifs is 1. The Morgan fingerprint density at radius 2 is 2.00 bits per heavy atom. The van der Waals surface area contributed by atoms with Crippen molar-refractivity contribution in [2.45, 2.75) is 32.6 Å². The van der Waals surface area contributed by atoms with Crippen LogP contribution in [0.25, 0.3) is 22.3 Å². The zero-order valence-corrected chi connectivity index (χ0v) is 13.5. The summed E-state index contributed by atoms with van der Waals surface area (Å²) in [5.41, 5.74) is 3.24. The number of nitrogens with zero attached hydrogens (tertiary/aromatic N) is 3. The molecule has 1 aliphatic heterocycles. The van der Waals surface area contributed by atoms with E-state index in [0.717, 1.165) is 41.0 Å². The Balaban J connectivity index is 1.53. The smallest absolute Gasteiger partial charge is 0.228 e. The van der Waals surface area contributed by atoms with Gasteiger partial charge in [0.2, 0.25) is 11.7 Å². The first-order valence-corrected chi connectivity index (χ1v) is 8.44. The quantitative estimate of drug-likeness (QED) is 0.800. The molecule has 0 aliphatic carbocycles. The van der Waals surface area contributed by atoms with Gasteiger partial charge in [-0.25, -0.2) is 0 Å². The van der Waals surface area contributed by atoms with Gasteiger partial charge in [-0.05, 0) is 38.9 Å². The Morgan fingerprint density at radius 3 is 2.87 bits per heavy atom. The molecule has 5 heteroatoms. The third-order valence-corrected chi connectivity index (χ3v) is 4.68. The van der Waals surface area contributed by atoms with Crippen molar-refractivity contribution < 1.29 is 4.52 Å². The minimum atomic E-state index is 0.689. The molecule has 1 aliphatic rings. The summed E-state index contributed by atoms with van der Waals surface area (Å²) in [6.07, 6.45) is 4.81. The molecular formula is C18H22N4O. The lowest BCUT2D eigenvalue weighted by Crippen LogP contribution is -2.31. The molecule has 5 nitrogen and oxygen atoms in total. The van der Waals surface area contributed by atoms with E-state index < -0.39 is 0 Å². The average Bonchev–Trinajstić information content (AvgIpc) is 3.17. The molecule has 0 atom stereocenters. The van der Waals surface area contributed by atoms with Gasteiger partial charge in [-0.1, -0.05) is 29.8 Å². The Bertz CT molecular complexity index is 798. The van der Waals surface area contributed by atoms with Crippen molar-refractivity contribution in [1.29, 1.82) is 0 Å². The second-order valence-corrected chi connectivity index (χ2v) is 6.33. The fourth-order valence-electron chi connectivity index (χ4n) is 3.46. The molecule has 0 bridgehead atoms. The Morgan fingerprint density at radius 1 is 1.17 bits per heavy atom. The number of hydrogen-bond donors (Lipinski definition) is 1. The van der Waals surface area contributed by atoms with Crippen LogP contribution >= 0.6 is 0 Å². The van der Waals surface area contributed by atoms with Gasteiger partial charge in [-0.2, -0.15) is 4.98 Å². The highest BCUT2D eigenvalue weighted by Gasteiger charge is 2.17. The van der Waals surface area contributed by atoms with Crippen LogP contribution < -0.4 is 0 Å². The third kappa shape index (κ3) is 2.88. The molecule has 1 aromatic carbocycles. The van der Waals surface area contributed by atoms with E-state index >= 15 is 0 Å². The van der Waals surface area contributed by atoms with E-state index in [0.29, 0.717) is 5.82 Å². The fourth-order valence-corrected chi connectivity index (χ4v) is 3.46. The fraction of sp³-hybridized carbons (Fsp3) is 0.444. The first-order chi connectivity index (χ1) is 11.3. The molecule has 1 N–H and O–H groups in total. The van der Waals surface area contributed by atoms with Crippen LogP contribution in [0.1, 0.15) is 30.8 Å². The maximum absolute atomic E-state index is 5.48. The molecular weight excluding hydrogens is 288 g/mol. The number of H-pyrrole nitrogens is 1. The van der Waals surface area contributed by atoms with E-state index in [1.54, 1.807) is 0 Å². The average molecular weight is 310 g/mol. The van der Waals surface area contributed by atoms with Crippen LogP contribution in [0.5, 0.6) is 0 Å². The lowest BCUT2D eigenvalue weighted by Gasteiger charge is -2.25. The van der Waals surface area contributed by atoms with Gasteiger partial charge in [-0.3, -0.25) is 0 Å². The molecule has 0 saturated carbocycles. The highest BCUT2D eigenvalue weighted by atomic mass is 16.5. The molecule has 0 radical (unpaired) electrons. The molecule has 2 aromatic heterocycles. The topological polar surface area (TPSA) is 58.0 Å². The summed E-state index contributed by atoms with van der Waals surface area (Å²) in [6.45, 7) is 5.46. The zero-order chi connectivity index (χ0) is 15.6. The summed E-state index contributed by atoms with van der Waals surface area (Å²) in [5.74, 6) is 1.42. The molecule has 1 fully saturated rings. The summed E-state index contributed by atoms with van der Waals surface area (Å²) in [6, 6.07) is 8.24. The standard InChI is InChI=1S/C18H22N4O/c1-13-17(14-7-3-4-8-15(14)19-13)18-20-16(23-21-18)9-12-22-10-5-2-6-11-22/h3-4,7-8,19H,2,5-6,9-12H2,1H3. The van der Waals surface area contributed by atoms with E-state index in [4.69, 9.17) is 4.52 Å². The maximum Gasteiger partial charge on any atom is 0.228 e. The number of aromatic amines is 1. The van der Waals surface area contributed by atoms with Crippen LogP contribution in [0.3, 0.4) is 0 Å². The zero-order valence-electron chi connectivity index (χ0n) is 13.5. The van der Waals surface area contributed by atoms with E-state index in [1.807, 2.05) is 12.1 Å². The molecule has 0 amide bonds. The number of piperidine rings is 1. The number of nitrogens with one attached hydrogen (secondary N) is 1. The number of aromatic nitrogens is 3. The van der Waals surface area contributed by atoms with Crippen LogP contribution in [0.4, 0.5) is 0 Å². The molecule has 120 valence electrons. The van der Waals surface area contributed by atoms with Crippen LogP contribution in [0.2, 0.25) is 0 Å². The Kier molecular flexibility index (Phi) is 3.87. The molecule has 3 aromatic rings. The van der Waals surface area contributed by atoms with Crippen molar-refractivity contribution in [3.63, 3.8) is 0 Å². The maximum atomic E-state index is 5.48. The van der Waals surface area contributed by atoms with Crippen LogP contribution in [0, 0.1) is 6.92 Å². The van der Waals surface area contributed by atoms with E-state index in [2.05, 4.69) is 39.1 Å². The van der Waals surface area contributed by atoms with Gasteiger partial charge in [0.25, 0.3) is 0 Å². The normalized spacial score (nSPS) is 16.2. The van der Waals surface area contributed by atoms with Gasteiger partial charge < -0.3 is 14.4 Å². The molecule has 1 saturated heterocycles. The van der Waals surface area contributed by atoms with Crippen molar-refractivity contribution >= 4 is 10.9 Å². The lowest BCUT2D eigenvalue weighted by atomic mass is 10.1. The number of likely N-dealkylation sites (tertiary alicyclic amines) is 1. The van der Waals surface area contributed by atoms with Gasteiger partial charge in [0.15, 0.2) is 0 Å². The molecule has 23 heavy (non-hydrogen) atoms. The largest absolute Gasteiger partial charge is 0.358 e. The van der Waals surface area contributed by atoms with Crippen LogP contribution in [0.15, 0.2) is 28.8 Å². The van der Waals surface area contributed by atoms with E-state index in [1.165, 1.54) is 32.4 Å². The highest BCUT2D eigenvalue weighted by molar-refractivity contribution is 5.95. The van der Waals surface area contributed by atoms with Crippen molar-refractivity contribution in [3.8, 4) is 11.4 Å². The van der Waals surface area contributed by atoms with Crippen LogP contribution in [-0.2, 0) is 6.42 Å². The number of rotatable bonds is 4. The monoisotopic (exact) mass is 310 g/mol. The predicted octanol–water partition coefficient (Wildman–Crippen LogP) is 3.55. The summed E-state index contributed by atoms with van der Waals surface area (Å²) in [4.78, 5) is 10.5. The number of aryl methyl sites for hydroxylation is 1. The van der Waals surface area contributed by atoms with E-state index in [9.17, 15) is 0 Å². The number of benzene rings is 1. The van der Waals surface area contributed by atoms with E-state index in [-0.39, 0.29) is 0 Å². The second kappa shape index (κ2) is 6.16. The van der Waals surface area contributed by atoms with Crippen LogP contribution in [-0.4, -0.2) is 39.7 Å². The molecule has 3 heterocycles.